The molecule has 0 spiro atoms. The molecule has 0 aliphatic carbocycles. The summed E-state index contributed by atoms with van der Waals surface area (Å²) < 4.78 is 0. The lowest BCUT2D eigenvalue weighted by molar-refractivity contribution is 0.0945. The van der Waals surface area contributed by atoms with Gasteiger partial charge in [0, 0.05) is 12.1 Å². The van der Waals surface area contributed by atoms with Crippen molar-refractivity contribution in [1.82, 2.24) is 5.32 Å². The van der Waals surface area contributed by atoms with Crippen LogP contribution >= 0.6 is 0 Å². The predicted octanol–water partition coefficient (Wildman–Crippen LogP) is 1.89. The van der Waals surface area contributed by atoms with Crippen LogP contribution in [0.4, 0.5) is 0 Å². The summed E-state index contributed by atoms with van der Waals surface area (Å²) in [4.78, 5) is 11.9. The fourth-order valence-electron chi connectivity index (χ4n) is 1.98. The van der Waals surface area contributed by atoms with Gasteiger partial charge in [-0.05, 0) is 43.5 Å². The minimum Gasteiger partial charge on any atom is -0.508 e. The third-order valence-electron chi connectivity index (χ3n) is 2.93. The van der Waals surface area contributed by atoms with Crippen molar-refractivity contribution < 1.29 is 9.90 Å². The van der Waals surface area contributed by atoms with E-state index >= 15 is 0 Å². The van der Waals surface area contributed by atoms with Crippen molar-refractivity contribution in [2.75, 3.05) is 13.1 Å². The molecule has 4 N–H and O–H groups in total. The molecular weight excluding hydrogens is 228 g/mol. The normalized spacial score (nSPS) is 12.1. The van der Waals surface area contributed by atoms with E-state index in [1.54, 1.807) is 18.2 Å². The minimum atomic E-state index is -0.149. The van der Waals surface area contributed by atoms with Gasteiger partial charge >= 0.3 is 0 Å². The van der Waals surface area contributed by atoms with Crippen molar-refractivity contribution in [3.63, 3.8) is 0 Å². The second-order valence-electron chi connectivity index (χ2n) is 4.49. The molecule has 0 aliphatic heterocycles. The summed E-state index contributed by atoms with van der Waals surface area (Å²) >= 11 is 0. The quantitative estimate of drug-likeness (QED) is 0.691. The largest absolute Gasteiger partial charge is 0.508 e. The summed E-state index contributed by atoms with van der Waals surface area (Å²) in [7, 11) is 0. The maximum atomic E-state index is 11.9. The Kier molecular flexibility index (Phi) is 6.22. The molecule has 18 heavy (non-hydrogen) atoms. The standard InChI is InChI=1S/C14H22N2O2/c1-2-4-11(7-8-15)10-16-14(18)12-5-3-6-13(17)9-12/h3,5-6,9,11,17H,2,4,7-8,10,15H2,1H3,(H,16,18). The first-order valence-corrected chi connectivity index (χ1v) is 6.44. The second kappa shape index (κ2) is 7.71. The van der Waals surface area contributed by atoms with Crippen molar-refractivity contribution in [2.24, 2.45) is 11.7 Å². The fourth-order valence-corrected chi connectivity index (χ4v) is 1.98. The maximum absolute atomic E-state index is 11.9. The van der Waals surface area contributed by atoms with Gasteiger partial charge in [-0.3, -0.25) is 4.79 Å². The van der Waals surface area contributed by atoms with Crippen LogP contribution in [0.25, 0.3) is 0 Å². The second-order valence-corrected chi connectivity index (χ2v) is 4.49. The van der Waals surface area contributed by atoms with Crippen molar-refractivity contribution in [3.05, 3.63) is 29.8 Å². The van der Waals surface area contributed by atoms with Gasteiger partial charge in [-0.25, -0.2) is 0 Å². The van der Waals surface area contributed by atoms with E-state index in [4.69, 9.17) is 5.73 Å². The number of hydrogen-bond donors (Lipinski definition) is 3. The van der Waals surface area contributed by atoms with Gasteiger partial charge in [-0.1, -0.05) is 19.4 Å². The van der Waals surface area contributed by atoms with Crippen molar-refractivity contribution >= 4 is 5.91 Å². The summed E-state index contributed by atoms with van der Waals surface area (Å²) in [6, 6.07) is 6.36. The van der Waals surface area contributed by atoms with Crippen molar-refractivity contribution in [2.45, 2.75) is 26.2 Å². The van der Waals surface area contributed by atoms with Gasteiger partial charge in [0.15, 0.2) is 0 Å². The smallest absolute Gasteiger partial charge is 0.251 e. The van der Waals surface area contributed by atoms with E-state index < -0.39 is 0 Å². The highest BCUT2D eigenvalue weighted by Crippen LogP contribution is 2.12. The molecule has 1 atom stereocenters. The number of nitrogens with two attached hydrogens (primary N) is 1. The molecule has 1 amide bonds. The zero-order chi connectivity index (χ0) is 13.4. The topological polar surface area (TPSA) is 75.3 Å². The first kappa shape index (κ1) is 14.5. The maximum Gasteiger partial charge on any atom is 0.251 e. The lowest BCUT2D eigenvalue weighted by Crippen LogP contribution is -2.30. The Hall–Kier alpha value is -1.55. The Labute approximate surface area is 108 Å². The Morgan fingerprint density at radius 1 is 1.44 bits per heavy atom. The number of nitrogens with one attached hydrogen (secondary N) is 1. The molecule has 0 saturated carbocycles. The van der Waals surface area contributed by atoms with Gasteiger partial charge in [0.25, 0.3) is 5.91 Å². The van der Waals surface area contributed by atoms with Crippen molar-refractivity contribution in [1.29, 1.82) is 0 Å². The van der Waals surface area contributed by atoms with E-state index in [9.17, 15) is 9.90 Å². The molecule has 1 rings (SSSR count). The number of amides is 1. The van der Waals surface area contributed by atoms with Gasteiger partial charge in [0.1, 0.15) is 5.75 Å². The third kappa shape index (κ3) is 4.75. The van der Waals surface area contributed by atoms with Gasteiger partial charge in [0.05, 0.1) is 0 Å². The van der Waals surface area contributed by atoms with Crippen LogP contribution in [0, 0.1) is 5.92 Å². The molecule has 0 bridgehead atoms. The SMILES string of the molecule is CCCC(CCN)CNC(=O)c1cccc(O)c1. The first-order chi connectivity index (χ1) is 8.67. The fraction of sp³-hybridized carbons (Fsp3) is 0.500. The Morgan fingerprint density at radius 3 is 2.83 bits per heavy atom. The summed E-state index contributed by atoms with van der Waals surface area (Å²) in [6.07, 6.45) is 3.08. The monoisotopic (exact) mass is 250 g/mol. The van der Waals surface area contributed by atoms with Crippen LogP contribution in [0.3, 0.4) is 0 Å². The number of benzene rings is 1. The summed E-state index contributed by atoms with van der Waals surface area (Å²) in [5.41, 5.74) is 6.04. The van der Waals surface area contributed by atoms with Crippen LogP contribution in [-0.2, 0) is 0 Å². The molecule has 0 saturated heterocycles. The van der Waals surface area contributed by atoms with Crippen molar-refractivity contribution in [3.8, 4) is 5.75 Å². The van der Waals surface area contributed by atoms with E-state index in [-0.39, 0.29) is 11.7 Å². The Balaban J connectivity index is 2.49. The number of phenolic OH excluding ortho intramolecular Hbond substituents is 1. The van der Waals surface area contributed by atoms with E-state index in [0.717, 1.165) is 19.3 Å². The molecule has 0 heterocycles. The zero-order valence-corrected chi connectivity index (χ0v) is 10.9. The molecule has 0 aliphatic rings. The van der Waals surface area contributed by atoms with Gasteiger partial charge in [0.2, 0.25) is 0 Å². The van der Waals surface area contributed by atoms with Crippen LogP contribution in [0.2, 0.25) is 0 Å². The molecule has 1 unspecified atom stereocenters. The molecule has 1 aromatic rings. The molecule has 0 radical (unpaired) electrons. The number of hydrogen-bond acceptors (Lipinski definition) is 3. The first-order valence-electron chi connectivity index (χ1n) is 6.44. The number of rotatable bonds is 7. The molecule has 4 nitrogen and oxygen atoms in total. The van der Waals surface area contributed by atoms with E-state index in [1.807, 2.05) is 0 Å². The molecule has 100 valence electrons. The lowest BCUT2D eigenvalue weighted by atomic mass is 10.00. The van der Waals surface area contributed by atoms with Gasteiger partial charge < -0.3 is 16.2 Å². The molecule has 4 heteroatoms. The predicted molar refractivity (Wildman–Crippen MR) is 72.5 cm³/mol. The van der Waals surface area contributed by atoms with Crippen LogP contribution < -0.4 is 11.1 Å². The van der Waals surface area contributed by atoms with Gasteiger partial charge in [-0.2, -0.15) is 0 Å². The van der Waals surface area contributed by atoms with Crippen LogP contribution in [0.1, 0.15) is 36.5 Å². The highest BCUT2D eigenvalue weighted by Gasteiger charge is 2.10. The number of aromatic hydroxyl groups is 1. The summed E-state index contributed by atoms with van der Waals surface area (Å²) in [5, 5.41) is 12.2. The number of phenols is 1. The minimum absolute atomic E-state index is 0.106. The third-order valence-corrected chi connectivity index (χ3v) is 2.93. The Morgan fingerprint density at radius 2 is 2.22 bits per heavy atom. The average molecular weight is 250 g/mol. The van der Waals surface area contributed by atoms with Crippen LogP contribution in [0.5, 0.6) is 5.75 Å². The average Bonchev–Trinajstić information content (AvgIpc) is 2.36. The molecule has 1 aromatic carbocycles. The van der Waals surface area contributed by atoms with E-state index in [0.29, 0.717) is 24.6 Å². The van der Waals surface area contributed by atoms with E-state index in [2.05, 4.69) is 12.2 Å². The summed E-state index contributed by atoms with van der Waals surface area (Å²) in [5.74, 6) is 0.389. The zero-order valence-electron chi connectivity index (χ0n) is 10.9. The number of carbonyl (C=O) groups excluding carboxylic acids is 1. The van der Waals surface area contributed by atoms with Crippen LogP contribution in [-0.4, -0.2) is 24.1 Å². The Bertz CT molecular complexity index is 374. The highest BCUT2D eigenvalue weighted by molar-refractivity contribution is 5.94. The highest BCUT2D eigenvalue weighted by atomic mass is 16.3. The van der Waals surface area contributed by atoms with E-state index in [1.165, 1.54) is 6.07 Å². The lowest BCUT2D eigenvalue weighted by Gasteiger charge is -2.15. The summed E-state index contributed by atoms with van der Waals surface area (Å²) in [6.45, 7) is 3.41. The van der Waals surface area contributed by atoms with Gasteiger partial charge in [-0.15, -0.1) is 0 Å². The number of carbonyl (C=O) groups is 1. The molecule has 0 aromatic heterocycles. The van der Waals surface area contributed by atoms with Crippen LogP contribution in [0.15, 0.2) is 24.3 Å². The molecule has 0 fully saturated rings. The molecular formula is C14H22N2O2.